The molecule has 94 valence electrons. The molecule has 1 aliphatic heterocycles. The molecule has 1 aromatic rings. The van der Waals surface area contributed by atoms with Gasteiger partial charge in [0.2, 0.25) is 0 Å². The van der Waals surface area contributed by atoms with Crippen molar-refractivity contribution in [2.75, 3.05) is 7.11 Å². The predicted molar refractivity (Wildman–Crippen MR) is 70.3 cm³/mol. The predicted octanol–water partition coefficient (Wildman–Crippen LogP) is 2.30. The van der Waals surface area contributed by atoms with Crippen LogP contribution in [0.2, 0.25) is 10.0 Å². The van der Waals surface area contributed by atoms with Crippen molar-refractivity contribution in [1.82, 2.24) is 5.32 Å². The second kappa shape index (κ2) is 5.33. The molecule has 1 saturated heterocycles. The zero-order valence-corrected chi connectivity index (χ0v) is 12.3. The SMILES string of the molecule is COc1c(Cl)cc(Cl)cc1/C=C1\[Se]C(=O)NC1=O. The number of halogens is 2. The maximum absolute atomic E-state index is 11.5. The number of imide groups is 1. The molecule has 7 heteroatoms. The summed E-state index contributed by atoms with van der Waals surface area (Å²) >= 11 is 11.4. The van der Waals surface area contributed by atoms with Gasteiger partial charge in [0.15, 0.2) is 0 Å². The van der Waals surface area contributed by atoms with E-state index in [1.807, 2.05) is 0 Å². The molecule has 0 unspecified atom stereocenters. The quantitative estimate of drug-likeness (QED) is 0.657. The molecule has 1 heterocycles. The zero-order valence-electron chi connectivity index (χ0n) is 9.12. The summed E-state index contributed by atoms with van der Waals surface area (Å²) in [5.74, 6) is 0.0506. The van der Waals surface area contributed by atoms with Crippen LogP contribution < -0.4 is 10.1 Å². The van der Waals surface area contributed by atoms with Crippen LogP contribution in [0.3, 0.4) is 0 Å². The zero-order chi connectivity index (χ0) is 13.3. The third kappa shape index (κ3) is 2.70. The number of hydrogen-bond acceptors (Lipinski definition) is 3. The number of nitrogens with one attached hydrogen (secondary N) is 1. The molecule has 1 aliphatic rings. The van der Waals surface area contributed by atoms with Gasteiger partial charge in [-0.05, 0) is 0 Å². The Kier molecular flexibility index (Phi) is 3.97. The molecular formula is C11H7Cl2NO3Se. The Balaban J connectivity index is 2.48. The number of hydrogen-bond donors (Lipinski definition) is 1. The number of methoxy groups -OCH3 is 1. The van der Waals surface area contributed by atoms with Crippen LogP contribution in [-0.2, 0) is 4.79 Å². The van der Waals surface area contributed by atoms with Crippen molar-refractivity contribution in [2.45, 2.75) is 0 Å². The van der Waals surface area contributed by atoms with Crippen molar-refractivity contribution in [3.63, 3.8) is 0 Å². The van der Waals surface area contributed by atoms with Gasteiger partial charge in [-0.3, -0.25) is 0 Å². The van der Waals surface area contributed by atoms with E-state index in [1.54, 1.807) is 18.2 Å². The molecule has 0 spiro atoms. The number of rotatable bonds is 2. The molecule has 0 atom stereocenters. The summed E-state index contributed by atoms with van der Waals surface area (Å²) in [5, 5.41) is 3.02. The third-order valence-corrected chi connectivity index (χ3v) is 4.37. The van der Waals surface area contributed by atoms with E-state index in [2.05, 4.69) is 5.32 Å². The number of amides is 2. The fourth-order valence-corrected chi connectivity index (χ4v) is 3.46. The second-order valence-electron chi connectivity index (χ2n) is 3.36. The fraction of sp³-hybridized carbons (Fsp3) is 0.0909. The van der Waals surface area contributed by atoms with Crippen molar-refractivity contribution >= 4 is 54.9 Å². The standard InChI is InChI=1S/C11H7Cl2NO3Se/c1-17-9-5(2-6(12)4-7(9)13)3-8-10(15)14-11(16)18-8/h2-4H,1H3,(H,14,15,16)/b8-3-. The molecule has 1 aromatic carbocycles. The summed E-state index contributed by atoms with van der Waals surface area (Å²) in [7, 11) is 1.47. The molecular weight excluding hydrogens is 344 g/mol. The van der Waals surface area contributed by atoms with E-state index in [0.717, 1.165) is 0 Å². The van der Waals surface area contributed by atoms with Crippen molar-refractivity contribution in [3.05, 3.63) is 32.2 Å². The average molecular weight is 351 g/mol. The number of carbonyl (C=O) groups excluding carboxylic acids is 2. The van der Waals surface area contributed by atoms with Gasteiger partial charge in [-0.25, -0.2) is 0 Å². The molecule has 18 heavy (non-hydrogen) atoms. The van der Waals surface area contributed by atoms with Gasteiger partial charge in [0.25, 0.3) is 0 Å². The van der Waals surface area contributed by atoms with Gasteiger partial charge in [0.1, 0.15) is 0 Å². The van der Waals surface area contributed by atoms with Crippen LogP contribution in [-0.4, -0.2) is 32.8 Å². The molecule has 4 nitrogen and oxygen atoms in total. The topological polar surface area (TPSA) is 55.4 Å². The maximum atomic E-state index is 11.5. The Hall–Kier alpha value is -1.00. The third-order valence-electron chi connectivity index (χ3n) is 2.17. The first-order chi connectivity index (χ1) is 8.51. The van der Waals surface area contributed by atoms with E-state index in [-0.39, 0.29) is 10.7 Å². The molecule has 1 N–H and O–H groups in total. The molecule has 0 radical (unpaired) electrons. The summed E-state index contributed by atoms with van der Waals surface area (Å²) in [6, 6.07) is 3.18. The molecule has 0 aliphatic carbocycles. The van der Waals surface area contributed by atoms with E-state index < -0.39 is 15.0 Å². The second-order valence-corrected chi connectivity index (χ2v) is 6.33. The van der Waals surface area contributed by atoms with Gasteiger partial charge < -0.3 is 0 Å². The molecule has 1 fully saturated rings. The fourth-order valence-electron chi connectivity index (χ4n) is 1.47. The normalized spacial score (nSPS) is 17.2. The number of carbonyl (C=O) groups is 2. The summed E-state index contributed by atoms with van der Waals surface area (Å²) in [5.41, 5.74) is 0.580. The molecule has 0 aromatic heterocycles. The van der Waals surface area contributed by atoms with E-state index >= 15 is 0 Å². The molecule has 2 amide bonds. The van der Waals surface area contributed by atoms with Gasteiger partial charge >= 0.3 is 120 Å². The van der Waals surface area contributed by atoms with E-state index in [4.69, 9.17) is 27.9 Å². The average Bonchev–Trinajstić information content (AvgIpc) is 2.57. The Bertz CT molecular complexity index is 572. The summed E-state index contributed by atoms with van der Waals surface area (Å²) in [6.07, 6.45) is 1.58. The van der Waals surface area contributed by atoms with Gasteiger partial charge in [-0.2, -0.15) is 0 Å². The number of ether oxygens (including phenoxy) is 1. The van der Waals surface area contributed by atoms with Crippen LogP contribution in [0, 0.1) is 0 Å². The van der Waals surface area contributed by atoms with Gasteiger partial charge in [0, 0.05) is 0 Å². The molecule has 0 saturated carbocycles. The van der Waals surface area contributed by atoms with Crippen molar-refractivity contribution < 1.29 is 14.3 Å². The summed E-state index contributed by atoms with van der Waals surface area (Å²) in [6.45, 7) is 0. The van der Waals surface area contributed by atoms with Crippen LogP contribution in [0.1, 0.15) is 5.56 Å². The van der Waals surface area contributed by atoms with Crippen LogP contribution in [0.25, 0.3) is 6.08 Å². The van der Waals surface area contributed by atoms with E-state index in [0.29, 0.717) is 25.8 Å². The van der Waals surface area contributed by atoms with Crippen molar-refractivity contribution in [3.8, 4) is 5.75 Å². The molecule has 0 bridgehead atoms. The summed E-state index contributed by atoms with van der Waals surface area (Å²) < 4.78 is 5.58. The Morgan fingerprint density at radius 2 is 2.06 bits per heavy atom. The van der Waals surface area contributed by atoms with E-state index in [1.165, 1.54) is 7.11 Å². The first kappa shape index (κ1) is 13.4. The van der Waals surface area contributed by atoms with Crippen molar-refractivity contribution in [1.29, 1.82) is 0 Å². The molecule has 2 rings (SSSR count). The first-order valence-corrected chi connectivity index (χ1v) is 7.26. The Labute approximate surface area is 119 Å². The Morgan fingerprint density at radius 3 is 2.61 bits per heavy atom. The number of benzene rings is 1. The Morgan fingerprint density at radius 1 is 1.33 bits per heavy atom. The van der Waals surface area contributed by atoms with Gasteiger partial charge in [-0.1, -0.05) is 0 Å². The van der Waals surface area contributed by atoms with Crippen LogP contribution >= 0.6 is 23.2 Å². The van der Waals surface area contributed by atoms with Crippen LogP contribution in [0.5, 0.6) is 5.75 Å². The monoisotopic (exact) mass is 351 g/mol. The first-order valence-electron chi connectivity index (χ1n) is 4.79. The van der Waals surface area contributed by atoms with Crippen LogP contribution in [0.15, 0.2) is 16.6 Å². The van der Waals surface area contributed by atoms with Crippen LogP contribution in [0.4, 0.5) is 4.79 Å². The minimum absolute atomic E-state index is 0.258. The van der Waals surface area contributed by atoms with Gasteiger partial charge in [0.05, 0.1) is 0 Å². The van der Waals surface area contributed by atoms with Crippen molar-refractivity contribution in [2.24, 2.45) is 0 Å². The summed E-state index contributed by atoms with van der Waals surface area (Å²) in [4.78, 5) is 22.3. The minimum atomic E-state index is -0.531. The van der Waals surface area contributed by atoms with E-state index in [9.17, 15) is 9.59 Å². The van der Waals surface area contributed by atoms with Gasteiger partial charge in [-0.15, -0.1) is 0 Å².